The summed E-state index contributed by atoms with van der Waals surface area (Å²) in [7, 11) is 0. The Morgan fingerprint density at radius 2 is 2.23 bits per heavy atom. The normalized spacial score (nSPS) is 12.5. The maximum absolute atomic E-state index is 12.3. The van der Waals surface area contributed by atoms with Crippen LogP contribution in [0.15, 0.2) is 44.5 Å². The van der Waals surface area contributed by atoms with Crippen LogP contribution in [0.5, 0.6) is 0 Å². The molecule has 1 amide bonds. The molecule has 0 aliphatic carbocycles. The number of nitrogens with one attached hydrogen (secondary N) is 1. The number of hydrogen-bond donors (Lipinski definition) is 1. The summed E-state index contributed by atoms with van der Waals surface area (Å²) in [5, 5.41) is 6.66. The number of aryl methyl sites for hydroxylation is 1. The second-order valence-corrected chi connectivity index (χ2v) is 5.93. The second kappa shape index (κ2) is 6.23. The Balaban J connectivity index is 1.71. The fourth-order valence-electron chi connectivity index (χ4n) is 1.98. The van der Waals surface area contributed by atoms with Crippen LogP contribution in [-0.2, 0) is 4.79 Å². The number of oxazole rings is 1. The number of hydrogen-bond acceptors (Lipinski definition) is 6. The minimum atomic E-state index is -0.315. The molecular formula is C15H15N3O3S. The van der Waals surface area contributed by atoms with Gasteiger partial charge >= 0.3 is 0 Å². The van der Waals surface area contributed by atoms with Gasteiger partial charge in [-0.25, -0.2) is 4.98 Å². The van der Waals surface area contributed by atoms with E-state index in [1.54, 1.807) is 13.0 Å². The highest BCUT2D eigenvalue weighted by Crippen LogP contribution is 2.28. The lowest BCUT2D eigenvalue weighted by Crippen LogP contribution is -2.24. The molecule has 1 N–H and O–H groups in total. The van der Waals surface area contributed by atoms with E-state index in [2.05, 4.69) is 15.5 Å². The van der Waals surface area contributed by atoms with E-state index in [1.807, 2.05) is 31.2 Å². The van der Waals surface area contributed by atoms with E-state index in [-0.39, 0.29) is 11.2 Å². The van der Waals surface area contributed by atoms with Gasteiger partial charge in [0.15, 0.2) is 11.4 Å². The first kappa shape index (κ1) is 14.6. The Bertz CT molecular complexity index is 763. The van der Waals surface area contributed by atoms with Crippen molar-refractivity contribution in [2.75, 3.05) is 5.32 Å². The Kier molecular flexibility index (Phi) is 4.15. The third kappa shape index (κ3) is 3.14. The Labute approximate surface area is 131 Å². The minimum Gasteiger partial charge on any atom is -0.431 e. The van der Waals surface area contributed by atoms with Crippen LogP contribution in [-0.4, -0.2) is 21.3 Å². The van der Waals surface area contributed by atoms with Crippen molar-refractivity contribution >= 4 is 34.6 Å². The van der Waals surface area contributed by atoms with Crippen molar-refractivity contribution in [3.8, 4) is 0 Å². The third-order valence-corrected chi connectivity index (χ3v) is 4.27. The Morgan fingerprint density at radius 1 is 1.41 bits per heavy atom. The van der Waals surface area contributed by atoms with E-state index in [1.165, 1.54) is 11.8 Å². The van der Waals surface area contributed by atoms with Gasteiger partial charge < -0.3 is 14.3 Å². The number of fused-ring (bicyclic) bond motifs is 1. The van der Waals surface area contributed by atoms with Gasteiger partial charge in [-0.3, -0.25) is 4.79 Å². The molecule has 1 atom stereocenters. The number of carbonyl (C=O) groups is 1. The van der Waals surface area contributed by atoms with Gasteiger partial charge in [0, 0.05) is 6.07 Å². The molecule has 2 heterocycles. The smallest absolute Gasteiger partial charge is 0.257 e. The molecule has 22 heavy (non-hydrogen) atoms. The van der Waals surface area contributed by atoms with Crippen LogP contribution in [0.4, 0.5) is 5.82 Å². The van der Waals surface area contributed by atoms with E-state index in [0.29, 0.717) is 28.8 Å². The zero-order valence-electron chi connectivity index (χ0n) is 12.2. The number of aromatic nitrogens is 2. The summed E-state index contributed by atoms with van der Waals surface area (Å²) >= 11 is 1.30. The molecule has 0 saturated heterocycles. The highest BCUT2D eigenvalue weighted by atomic mass is 32.2. The van der Waals surface area contributed by atoms with E-state index >= 15 is 0 Å². The summed E-state index contributed by atoms with van der Waals surface area (Å²) in [4.78, 5) is 16.7. The van der Waals surface area contributed by atoms with Crippen LogP contribution in [0.25, 0.3) is 11.1 Å². The Morgan fingerprint density at radius 3 is 2.91 bits per heavy atom. The van der Waals surface area contributed by atoms with Crippen LogP contribution < -0.4 is 5.32 Å². The van der Waals surface area contributed by atoms with Crippen molar-refractivity contribution in [2.24, 2.45) is 0 Å². The van der Waals surface area contributed by atoms with Gasteiger partial charge in [-0.1, -0.05) is 36.0 Å². The largest absolute Gasteiger partial charge is 0.431 e. The number of benzene rings is 1. The molecule has 2 aromatic heterocycles. The summed E-state index contributed by atoms with van der Waals surface area (Å²) in [5.41, 5.74) is 1.50. The molecule has 0 spiro atoms. The number of anilines is 1. The zero-order valence-corrected chi connectivity index (χ0v) is 13.0. The van der Waals surface area contributed by atoms with Gasteiger partial charge in [0.05, 0.1) is 5.25 Å². The maximum atomic E-state index is 12.3. The molecule has 3 aromatic rings. The van der Waals surface area contributed by atoms with Crippen LogP contribution in [0.2, 0.25) is 0 Å². The number of rotatable bonds is 5. The van der Waals surface area contributed by atoms with Crippen LogP contribution in [0.1, 0.15) is 19.1 Å². The lowest BCUT2D eigenvalue weighted by atomic mass is 10.3. The molecule has 7 heteroatoms. The number of amides is 1. The first-order valence-corrected chi connectivity index (χ1v) is 7.80. The number of thioether (sulfide) groups is 1. The number of para-hydroxylation sites is 2. The topological polar surface area (TPSA) is 81.2 Å². The molecule has 0 unspecified atom stereocenters. The van der Waals surface area contributed by atoms with Crippen molar-refractivity contribution in [2.45, 2.75) is 30.7 Å². The fraction of sp³-hybridized carbons (Fsp3) is 0.267. The monoisotopic (exact) mass is 317 g/mol. The van der Waals surface area contributed by atoms with Crippen molar-refractivity contribution in [1.29, 1.82) is 0 Å². The van der Waals surface area contributed by atoms with Gasteiger partial charge in [0.1, 0.15) is 11.3 Å². The van der Waals surface area contributed by atoms with E-state index < -0.39 is 0 Å². The van der Waals surface area contributed by atoms with Crippen molar-refractivity contribution in [3.05, 3.63) is 36.1 Å². The van der Waals surface area contributed by atoms with Gasteiger partial charge in [-0.2, -0.15) is 0 Å². The molecule has 0 bridgehead atoms. The van der Waals surface area contributed by atoms with Gasteiger partial charge in [-0.15, -0.1) is 0 Å². The van der Waals surface area contributed by atoms with E-state index in [4.69, 9.17) is 8.94 Å². The summed E-state index contributed by atoms with van der Waals surface area (Å²) in [6.45, 7) is 3.71. The van der Waals surface area contributed by atoms with Gasteiger partial charge in [0.25, 0.3) is 5.22 Å². The van der Waals surface area contributed by atoms with Gasteiger partial charge in [-0.05, 0) is 25.5 Å². The standard InChI is InChI=1S/C15H15N3O3S/c1-3-12(14(19)17-13-8-9(2)21-18-13)22-15-16-10-6-4-5-7-11(10)20-15/h4-8,12H,3H2,1-2H3,(H,17,18,19)/t12-/m1/s1. The summed E-state index contributed by atoms with van der Waals surface area (Å²) in [5.74, 6) is 0.914. The molecule has 114 valence electrons. The molecular weight excluding hydrogens is 302 g/mol. The Hall–Kier alpha value is -2.28. The molecule has 0 saturated carbocycles. The SMILES string of the molecule is CC[C@@H](Sc1nc2ccccc2o1)C(=O)Nc1cc(C)on1. The molecule has 0 aliphatic heterocycles. The lowest BCUT2D eigenvalue weighted by Gasteiger charge is -2.10. The minimum absolute atomic E-state index is 0.150. The number of carbonyl (C=O) groups excluding carboxylic acids is 1. The third-order valence-electron chi connectivity index (χ3n) is 3.06. The van der Waals surface area contributed by atoms with E-state index in [0.717, 1.165) is 5.52 Å². The molecule has 0 radical (unpaired) electrons. The average molecular weight is 317 g/mol. The van der Waals surface area contributed by atoms with Crippen molar-refractivity contribution in [3.63, 3.8) is 0 Å². The quantitative estimate of drug-likeness (QED) is 0.724. The predicted molar refractivity (Wildman–Crippen MR) is 83.8 cm³/mol. The van der Waals surface area contributed by atoms with Crippen molar-refractivity contribution in [1.82, 2.24) is 10.1 Å². The predicted octanol–water partition coefficient (Wildman–Crippen LogP) is 3.63. The zero-order chi connectivity index (χ0) is 15.5. The highest BCUT2D eigenvalue weighted by molar-refractivity contribution is 8.00. The summed E-state index contributed by atoms with van der Waals surface area (Å²) < 4.78 is 10.6. The maximum Gasteiger partial charge on any atom is 0.257 e. The average Bonchev–Trinajstić information content (AvgIpc) is 3.10. The fourth-order valence-corrected chi connectivity index (χ4v) is 2.84. The van der Waals surface area contributed by atoms with Crippen LogP contribution in [0, 0.1) is 6.92 Å². The first-order chi connectivity index (χ1) is 10.7. The van der Waals surface area contributed by atoms with Gasteiger partial charge in [0.2, 0.25) is 5.91 Å². The number of nitrogens with zero attached hydrogens (tertiary/aromatic N) is 2. The molecule has 1 aromatic carbocycles. The molecule has 6 nitrogen and oxygen atoms in total. The first-order valence-electron chi connectivity index (χ1n) is 6.92. The summed E-state index contributed by atoms with van der Waals surface area (Å²) in [6.07, 6.45) is 0.645. The summed E-state index contributed by atoms with van der Waals surface area (Å²) in [6, 6.07) is 9.19. The van der Waals surface area contributed by atoms with Crippen LogP contribution >= 0.6 is 11.8 Å². The second-order valence-electron chi connectivity index (χ2n) is 4.77. The van der Waals surface area contributed by atoms with E-state index in [9.17, 15) is 4.79 Å². The molecule has 0 aliphatic rings. The van der Waals surface area contributed by atoms with Crippen LogP contribution in [0.3, 0.4) is 0 Å². The van der Waals surface area contributed by atoms with Crippen molar-refractivity contribution < 1.29 is 13.7 Å². The molecule has 3 rings (SSSR count). The highest BCUT2D eigenvalue weighted by Gasteiger charge is 2.22. The lowest BCUT2D eigenvalue weighted by molar-refractivity contribution is -0.115. The molecule has 0 fully saturated rings.